The number of rotatable bonds is 2. The first-order chi connectivity index (χ1) is 9.49. The summed E-state index contributed by atoms with van der Waals surface area (Å²) in [6.45, 7) is 5.27. The molecule has 2 N–H and O–H groups in total. The Bertz CT molecular complexity index is 378. The second-order valence-corrected chi connectivity index (χ2v) is 5.28. The molecule has 2 saturated heterocycles. The summed E-state index contributed by atoms with van der Waals surface area (Å²) >= 11 is 0. The van der Waals surface area contributed by atoms with Crippen LogP contribution >= 0.6 is 0 Å². The summed E-state index contributed by atoms with van der Waals surface area (Å²) in [6.07, 6.45) is -1.98. The molecule has 0 bridgehead atoms. The predicted molar refractivity (Wildman–Crippen MR) is 70.0 cm³/mol. The van der Waals surface area contributed by atoms with Crippen molar-refractivity contribution in [2.45, 2.75) is 19.0 Å². The minimum Gasteiger partial charge on any atom is -0.465 e. The fourth-order valence-corrected chi connectivity index (χ4v) is 2.74. The molecule has 8 heteroatoms. The summed E-state index contributed by atoms with van der Waals surface area (Å²) in [7, 11) is 0. The Morgan fingerprint density at radius 2 is 1.95 bits per heavy atom. The van der Waals surface area contributed by atoms with Crippen LogP contribution in [0.1, 0.15) is 6.92 Å². The number of piperazine rings is 1. The largest absolute Gasteiger partial charge is 0.465 e. The second kappa shape index (κ2) is 6.27. The van der Waals surface area contributed by atoms with Gasteiger partial charge in [0.2, 0.25) is 0 Å². The third-order valence-corrected chi connectivity index (χ3v) is 3.95. The molecule has 2 fully saturated rings. The highest BCUT2D eigenvalue weighted by Crippen LogP contribution is 2.15. The molecular formula is C12H21N3O5. The van der Waals surface area contributed by atoms with Crippen molar-refractivity contribution >= 4 is 12.2 Å². The zero-order chi connectivity index (χ0) is 14.7. The highest BCUT2D eigenvalue weighted by Gasteiger charge is 2.34. The number of carbonyl (C=O) groups is 2. The molecule has 0 saturated carbocycles. The average Bonchev–Trinajstić information content (AvgIpc) is 2.41. The van der Waals surface area contributed by atoms with Crippen molar-refractivity contribution in [1.29, 1.82) is 0 Å². The summed E-state index contributed by atoms with van der Waals surface area (Å²) in [4.78, 5) is 27.1. The van der Waals surface area contributed by atoms with Crippen LogP contribution < -0.4 is 0 Å². The van der Waals surface area contributed by atoms with Crippen molar-refractivity contribution in [2.75, 3.05) is 45.9 Å². The lowest BCUT2D eigenvalue weighted by Gasteiger charge is -2.43. The van der Waals surface area contributed by atoms with E-state index in [0.29, 0.717) is 19.8 Å². The first-order valence-corrected chi connectivity index (χ1v) is 6.78. The van der Waals surface area contributed by atoms with Gasteiger partial charge in [-0.25, -0.2) is 9.59 Å². The summed E-state index contributed by atoms with van der Waals surface area (Å²) in [5.74, 6) is 0. The summed E-state index contributed by atoms with van der Waals surface area (Å²) in [5, 5.41) is 18.3. The molecule has 0 aromatic rings. The number of hydrogen-bond acceptors (Lipinski definition) is 4. The quantitative estimate of drug-likeness (QED) is 0.745. The summed E-state index contributed by atoms with van der Waals surface area (Å²) < 4.78 is 5.36. The van der Waals surface area contributed by atoms with Gasteiger partial charge < -0.3 is 24.7 Å². The van der Waals surface area contributed by atoms with E-state index in [1.165, 1.54) is 9.80 Å². The molecule has 2 aliphatic heterocycles. The van der Waals surface area contributed by atoms with Gasteiger partial charge in [0.25, 0.3) is 0 Å². The van der Waals surface area contributed by atoms with Gasteiger partial charge in [-0.05, 0) is 6.92 Å². The van der Waals surface area contributed by atoms with Crippen LogP contribution in [0.5, 0.6) is 0 Å². The van der Waals surface area contributed by atoms with E-state index in [4.69, 9.17) is 9.84 Å². The fourth-order valence-electron chi connectivity index (χ4n) is 2.74. The van der Waals surface area contributed by atoms with E-state index >= 15 is 0 Å². The molecule has 20 heavy (non-hydrogen) atoms. The molecule has 2 aliphatic rings. The van der Waals surface area contributed by atoms with Gasteiger partial charge in [0, 0.05) is 38.8 Å². The number of nitrogens with zero attached hydrogens (tertiary/aromatic N) is 3. The summed E-state index contributed by atoms with van der Waals surface area (Å²) in [5.41, 5.74) is 0. The van der Waals surface area contributed by atoms with Crippen LogP contribution in [0, 0.1) is 0 Å². The number of carboxylic acid groups (broad SMARTS) is 2. The maximum atomic E-state index is 11.3. The second-order valence-electron chi connectivity index (χ2n) is 5.28. The number of amides is 2. The lowest BCUT2D eigenvalue weighted by atomic mass is 10.1. The van der Waals surface area contributed by atoms with Crippen LogP contribution in [0.15, 0.2) is 0 Å². The number of morpholine rings is 1. The highest BCUT2D eigenvalue weighted by molar-refractivity contribution is 5.68. The Hall–Kier alpha value is -1.54. The van der Waals surface area contributed by atoms with Gasteiger partial charge in [-0.3, -0.25) is 4.90 Å². The molecule has 114 valence electrons. The third kappa shape index (κ3) is 3.31. The van der Waals surface area contributed by atoms with Gasteiger partial charge in [-0.2, -0.15) is 0 Å². The monoisotopic (exact) mass is 287 g/mol. The SMILES string of the molecule is C[C@H]1COCCN1C[C@H]1CN(C(=O)O)CCN1C(=O)O. The van der Waals surface area contributed by atoms with Crippen LogP contribution in [0.25, 0.3) is 0 Å². The Morgan fingerprint density at radius 1 is 1.20 bits per heavy atom. The van der Waals surface area contributed by atoms with Crippen molar-refractivity contribution in [3.63, 3.8) is 0 Å². The Kier molecular flexibility index (Phi) is 4.66. The molecule has 0 aromatic carbocycles. The number of hydrogen-bond donors (Lipinski definition) is 2. The molecule has 2 rings (SSSR count). The van der Waals surface area contributed by atoms with Crippen molar-refractivity contribution in [3.8, 4) is 0 Å². The minimum absolute atomic E-state index is 0.222. The average molecular weight is 287 g/mol. The highest BCUT2D eigenvalue weighted by atomic mass is 16.5. The fraction of sp³-hybridized carbons (Fsp3) is 0.833. The van der Waals surface area contributed by atoms with Gasteiger partial charge in [0.15, 0.2) is 0 Å². The standard InChI is InChI=1S/C12H21N3O5/c1-9-8-20-5-4-13(9)6-10-7-14(11(16)17)2-3-15(10)12(18)19/h9-10H,2-8H2,1H3,(H,16,17)(H,18,19)/t9-,10-/m0/s1. The van der Waals surface area contributed by atoms with E-state index in [9.17, 15) is 14.7 Å². The van der Waals surface area contributed by atoms with Gasteiger partial charge >= 0.3 is 12.2 Å². The lowest BCUT2D eigenvalue weighted by Crippen LogP contribution is -2.61. The van der Waals surface area contributed by atoms with Crippen molar-refractivity contribution in [1.82, 2.24) is 14.7 Å². The van der Waals surface area contributed by atoms with Crippen LogP contribution in [0.3, 0.4) is 0 Å². The van der Waals surface area contributed by atoms with Crippen molar-refractivity contribution in [3.05, 3.63) is 0 Å². The van der Waals surface area contributed by atoms with E-state index in [2.05, 4.69) is 4.90 Å². The lowest BCUT2D eigenvalue weighted by molar-refractivity contribution is -0.0207. The molecule has 2 atom stereocenters. The molecule has 0 spiro atoms. The molecular weight excluding hydrogens is 266 g/mol. The topological polar surface area (TPSA) is 93.6 Å². The Morgan fingerprint density at radius 3 is 2.55 bits per heavy atom. The zero-order valence-corrected chi connectivity index (χ0v) is 11.6. The summed E-state index contributed by atoms with van der Waals surface area (Å²) in [6, 6.07) is -0.0995. The molecule has 0 aromatic heterocycles. The molecule has 2 heterocycles. The van der Waals surface area contributed by atoms with E-state index in [1.807, 2.05) is 6.92 Å². The van der Waals surface area contributed by atoms with Gasteiger partial charge in [-0.1, -0.05) is 0 Å². The molecule has 8 nitrogen and oxygen atoms in total. The minimum atomic E-state index is -0.991. The molecule has 0 radical (unpaired) electrons. The predicted octanol–water partition coefficient (Wildman–Crippen LogP) is 0.0493. The van der Waals surface area contributed by atoms with Gasteiger partial charge in [-0.15, -0.1) is 0 Å². The Balaban J connectivity index is 2.02. The smallest absolute Gasteiger partial charge is 0.407 e. The van der Waals surface area contributed by atoms with Crippen LogP contribution in [0.2, 0.25) is 0 Å². The first kappa shape index (κ1) is 14.9. The maximum absolute atomic E-state index is 11.3. The molecule has 2 amide bonds. The maximum Gasteiger partial charge on any atom is 0.407 e. The van der Waals surface area contributed by atoms with Crippen LogP contribution in [-0.2, 0) is 4.74 Å². The zero-order valence-electron chi connectivity index (χ0n) is 11.6. The van der Waals surface area contributed by atoms with Gasteiger partial charge in [0.05, 0.1) is 19.3 Å². The van der Waals surface area contributed by atoms with E-state index in [-0.39, 0.29) is 31.7 Å². The first-order valence-electron chi connectivity index (χ1n) is 6.78. The number of ether oxygens (including phenoxy) is 1. The Labute approximate surface area is 117 Å². The van der Waals surface area contributed by atoms with Gasteiger partial charge in [0.1, 0.15) is 0 Å². The van der Waals surface area contributed by atoms with Crippen molar-refractivity contribution in [2.24, 2.45) is 0 Å². The molecule has 0 unspecified atom stereocenters. The van der Waals surface area contributed by atoms with E-state index in [0.717, 1.165) is 6.54 Å². The molecule has 0 aliphatic carbocycles. The van der Waals surface area contributed by atoms with Crippen molar-refractivity contribution < 1.29 is 24.5 Å². The van der Waals surface area contributed by atoms with Crippen LogP contribution in [0.4, 0.5) is 9.59 Å². The normalized spacial score (nSPS) is 28.4. The van der Waals surface area contributed by atoms with E-state index < -0.39 is 12.2 Å². The van der Waals surface area contributed by atoms with E-state index in [1.54, 1.807) is 0 Å². The van der Waals surface area contributed by atoms with Crippen LogP contribution in [-0.4, -0.2) is 95.1 Å². The third-order valence-electron chi connectivity index (χ3n) is 3.95.